The number of carbonyl (C=O) groups excluding carboxylic acids is 1. The molecule has 2 aromatic carbocycles. The van der Waals surface area contributed by atoms with E-state index in [9.17, 15) is 4.79 Å². The van der Waals surface area contributed by atoms with Crippen LogP contribution < -0.4 is 9.64 Å². The SMILES string of the molecule is O=C(CCCOc1ccccc1)N1CCN(c2cccc(Cl)c2)CC1. The highest BCUT2D eigenvalue weighted by Crippen LogP contribution is 2.21. The average molecular weight is 359 g/mol. The van der Waals surface area contributed by atoms with Crippen molar-refractivity contribution in [2.75, 3.05) is 37.7 Å². The smallest absolute Gasteiger partial charge is 0.222 e. The Morgan fingerprint density at radius 1 is 1.00 bits per heavy atom. The number of rotatable bonds is 6. The fourth-order valence-corrected chi connectivity index (χ4v) is 3.16. The molecule has 1 fully saturated rings. The summed E-state index contributed by atoms with van der Waals surface area (Å²) in [6.07, 6.45) is 1.27. The highest BCUT2D eigenvalue weighted by Gasteiger charge is 2.21. The van der Waals surface area contributed by atoms with Crippen LogP contribution in [0.5, 0.6) is 5.75 Å². The molecule has 1 amide bonds. The van der Waals surface area contributed by atoms with Crippen LogP contribution in [0.4, 0.5) is 5.69 Å². The van der Waals surface area contributed by atoms with E-state index in [1.54, 1.807) is 0 Å². The Morgan fingerprint density at radius 3 is 2.48 bits per heavy atom. The number of amides is 1. The fourth-order valence-electron chi connectivity index (χ4n) is 2.98. The lowest BCUT2D eigenvalue weighted by atomic mass is 10.2. The molecule has 132 valence electrons. The number of carbonyl (C=O) groups is 1. The molecular formula is C20H23ClN2O2. The lowest BCUT2D eigenvalue weighted by Gasteiger charge is -2.36. The Kier molecular flexibility index (Phi) is 6.18. The molecule has 1 heterocycles. The predicted molar refractivity (Wildman–Crippen MR) is 101 cm³/mol. The zero-order valence-corrected chi connectivity index (χ0v) is 15.0. The molecule has 0 radical (unpaired) electrons. The summed E-state index contributed by atoms with van der Waals surface area (Å²) >= 11 is 6.06. The van der Waals surface area contributed by atoms with Crippen LogP contribution >= 0.6 is 11.6 Å². The zero-order chi connectivity index (χ0) is 17.5. The Bertz CT molecular complexity index is 685. The maximum atomic E-state index is 12.3. The van der Waals surface area contributed by atoms with Crippen LogP contribution in [0, 0.1) is 0 Å². The van der Waals surface area contributed by atoms with E-state index in [4.69, 9.17) is 16.3 Å². The number of anilines is 1. The molecule has 0 saturated carbocycles. The molecule has 0 spiro atoms. The molecule has 25 heavy (non-hydrogen) atoms. The van der Waals surface area contributed by atoms with Gasteiger partial charge in [-0.2, -0.15) is 0 Å². The Labute approximate surface area is 154 Å². The molecule has 2 aromatic rings. The van der Waals surface area contributed by atoms with Gasteiger partial charge in [-0.3, -0.25) is 4.79 Å². The number of benzene rings is 2. The van der Waals surface area contributed by atoms with Crippen LogP contribution in [-0.4, -0.2) is 43.6 Å². The molecule has 0 bridgehead atoms. The number of nitrogens with zero attached hydrogens (tertiary/aromatic N) is 2. The summed E-state index contributed by atoms with van der Waals surface area (Å²) in [6, 6.07) is 17.6. The normalized spacial score (nSPS) is 14.4. The standard InChI is InChI=1S/C20H23ClN2O2/c21-17-6-4-7-18(16-17)22-11-13-23(14-12-22)20(24)10-5-15-25-19-8-2-1-3-9-19/h1-4,6-9,16H,5,10-15H2. The van der Waals surface area contributed by atoms with Crippen LogP contribution in [0.25, 0.3) is 0 Å². The third-order valence-corrected chi connectivity index (χ3v) is 4.59. The van der Waals surface area contributed by atoms with E-state index in [0.717, 1.165) is 49.1 Å². The minimum absolute atomic E-state index is 0.211. The van der Waals surface area contributed by atoms with Gasteiger partial charge in [-0.05, 0) is 36.8 Å². The molecule has 5 heteroatoms. The quantitative estimate of drug-likeness (QED) is 0.735. The van der Waals surface area contributed by atoms with E-state index < -0.39 is 0 Å². The number of hydrogen-bond acceptors (Lipinski definition) is 3. The first-order chi connectivity index (χ1) is 12.2. The van der Waals surface area contributed by atoms with Gasteiger partial charge in [0.2, 0.25) is 5.91 Å². The van der Waals surface area contributed by atoms with Crippen LogP contribution in [-0.2, 0) is 4.79 Å². The molecule has 1 saturated heterocycles. The van der Waals surface area contributed by atoms with Gasteiger partial charge in [-0.15, -0.1) is 0 Å². The first-order valence-electron chi connectivity index (χ1n) is 8.68. The molecule has 0 atom stereocenters. The summed E-state index contributed by atoms with van der Waals surface area (Å²) in [5, 5.41) is 0.745. The maximum Gasteiger partial charge on any atom is 0.222 e. The van der Waals surface area contributed by atoms with Crippen molar-refractivity contribution in [2.45, 2.75) is 12.8 Å². The predicted octanol–water partition coefficient (Wildman–Crippen LogP) is 3.85. The van der Waals surface area contributed by atoms with Crippen molar-refractivity contribution in [3.05, 3.63) is 59.6 Å². The Hall–Kier alpha value is -2.20. The van der Waals surface area contributed by atoms with Gasteiger partial charge < -0.3 is 14.5 Å². The maximum absolute atomic E-state index is 12.3. The van der Waals surface area contributed by atoms with Gasteiger partial charge in [0.15, 0.2) is 0 Å². The van der Waals surface area contributed by atoms with Crippen molar-refractivity contribution in [3.63, 3.8) is 0 Å². The summed E-state index contributed by atoms with van der Waals surface area (Å²) in [5.74, 6) is 1.06. The number of para-hydroxylation sites is 1. The van der Waals surface area contributed by atoms with E-state index >= 15 is 0 Å². The van der Waals surface area contributed by atoms with E-state index in [2.05, 4.69) is 11.0 Å². The van der Waals surface area contributed by atoms with Crippen LogP contribution in [0.15, 0.2) is 54.6 Å². The molecule has 0 aromatic heterocycles. The van der Waals surface area contributed by atoms with Gasteiger partial charge in [0, 0.05) is 43.3 Å². The summed E-state index contributed by atoms with van der Waals surface area (Å²) < 4.78 is 5.64. The lowest BCUT2D eigenvalue weighted by molar-refractivity contribution is -0.131. The van der Waals surface area contributed by atoms with Crippen LogP contribution in [0.2, 0.25) is 5.02 Å². The van der Waals surface area contributed by atoms with Gasteiger partial charge in [-0.1, -0.05) is 35.9 Å². The van der Waals surface area contributed by atoms with Gasteiger partial charge in [0.1, 0.15) is 5.75 Å². The summed E-state index contributed by atoms with van der Waals surface area (Å²) in [7, 11) is 0. The third kappa shape index (κ3) is 5.13. The highest BCUT2D eigenvalue weighted by molar-refractivity contribution is 6.30. The van der Waals surface area contributed by atoms with E-state index in [1.807, 2.05) is 53.4 Å². The van der Waals surface area contributed by atoms with E-state index in [0.29, 0.717) is 13.0 Å². The minimum Gasteiger partial charge on any atom is -0.494 e. The molecule has 1 aliphatic heterocycles. The van der Waals surface area contributed by atoms with Gasteiger partial charge >= 0.3 is 0 Å². The minimum atomic E-state index is 0.211. The van der Waals surface area contributed by atoms with Crippen molar-refractivity contribution >= 4 is 23.2 Å². The van der Waals surface area contributed by atoms with Gasteiger partial charge in [0.25, 0.3) is 0 Å². The first kappa shape index (κ1) is 17.6. The number of hydrogen-bond donors (Lipinski definition) is 0. The van der Waals surface area contributed by atoms with Crippen LogP contribution in [0.1, 0.15) is 12.8 Å². The van der Waals surface area contributed by atoms with E-state index in [-0.39, 0.29) is 5.91 Å². The highest BCUT2D eigenvalue weighted by atomic mass is 35.5. The Balaban J connectivity index is 1.38. The Morgan fingerprint density at radius 2 is 1.76 bits per heavy atom. The van der Waals surface area contributed by atoms with E-state index in [1.165, 1.54) is 0 Å². The van der Waals surface area contributed by atoms with Gasteiger partial charge in [0.05, 0.1) is 6.61 Å². The zero-order valence-electron chi connectivity index (χ0n) is 14.2. The molecular weight excluding hydrogens is 336 g/mol. The molecule has 3 rings (SSSR count). The largest absolute Gasteiger partial charge is 0.494 e. The van der Waals surface area contributed by atoms with Crippen molar-refractivity contribution in [1.29, 1.82) is 0 Å². The second-order valence-corrected chi connectivity index (χ2v) is 6.55. The number of piperazine rings is 1. The summed E-state index contributed by atoms with van der Waals surface area (Å²) in [4.78, 5) is 16.6. The molecule has 0 N–H and O–H groups in total. The van der Waals surface area contributed by atoms with Crippen molar-refractivity contribution in [1.82, 2.24) is 4.90 Å². The molecule has 1 aliphatic rings. The molecule has 4 nitrogen and oxygen atoms in total. The third-order valence-electron chi connectivity index (χ3n) is 4.35. The summed E-state index contributed by atoms with van der Waals surface area (Å²) in [5.41, 5.74) is 1.12. The number of ether oxygens (including phenoxy) is 1. The molecule has 0 aliphatic carbocycles. The lowest BCUT2D eigenvalue weighted by Crippen LogP contribution is -2.48. The molecule has 0 unspecified atom stereocenters. The van der Waals surface area contributed by atoms with Crippen molar-refractivity contribution in [2.24, 2.45) is 0 Å². The number of halogens is 1. The second kappa shape index (κ2) is 8.77. The van der Waals surface area contributed by atoms with Crippen molar-refractivity contribution in [3.8, 4) is 5.75 Å². The van der Waals surface area contributed by atoms with Gasteiger partial charge in [-0.25, -0.2) is 0 Å². The van der Waals surface area contributed by atoms with Crippen molar-refractivity contribution < 1.29 is 9.53 Å². The monoisotopic (exact) mass is 358 g/mol. The second-order valence-electron chi connectivity index (χ2n) is 6.11. The topological polar surface area (TPSA) is 32.8 Å². The average Bonchev–Trinajstić information content (AvgIpc) is 2.66. The first-order valence-corrected chi connectivity index (χ1v) is 9.06. The summed E-state index contributed by atoms with van der Waals surface area (Å²) in [6.45, 7) is 3.76. The van der Waals surface area contributed by atoms with Crippen LogP contribution in [0.3, 0.4) is 0 Å². The fraction of sp³-hybridized carbons (Fsp3) is 0.350.